The van der Waals surface area contributed by atoms with Gasteiger partial charge in [0, 0.05) is 66.2 Å². The van der Waals surface area contributed by atoms with Gasteiger partial charge in [-0.25, -0.2) is 4.79 Å². The van der Waals surface area contributed by atoms with Gasteiger partial charge in [-0.15, -0.1) is 11.3 Å². The highest BCUT2D eigenvalue weighted by molar-refractivity contribution is 7.11. The summed E-state index contributed by atoms with van der Waals surface area (Å²) >= 11 is 1.75. The summed E-state index contributed by atoms with van der Waals surface area (Å²) in [5.41, 5.74) is 6.77. The number of aromatic amines is 1. The number of carbonyl (C=O) groups is 1. The Balaban J connectivity index is 1.22. The Bertz CT molecular complexity index is 1210. The zero-order valence-corrected chi connectivity index (χ0v) is 21.0. The molecule has 0 radical (unpaired) electrons. The molecule has 3 aromatic heterocycles. The minimum Gasteiger partial charge on any atom is -0.334 e. The van der Waals surface area contributed by atoms with Crippen LogP contribution in [0.25, 0.3) is 23.4 Å². The van der Waals surface area contributed by atoms with E-state index < -0.39 is 0 Å². The van der Waals surface area contributed by atoms with Crippen molar-refractivity contribution in [2.45, 2.75) is 45.3 Å². The first-order valence-electron chi connectivity index (χ1n) is 12.3. The van der Waals surface area contributed by atoms with E-state index in [1.807, 2.05) is 30.0 Å². The second kappa shape index (κ2) is 10.6. The van der Waals surface area contributed by atoms with Crippen molar-refractivity contribution in [2.24, 2.45) is 0 Å². The van der Waals surface area contributed by atoms with Crippen LogP contribution in [0.1, 0.15) is 47.0 Å². The van der Waals surface area contributed by atoms with E-state index in [1.165, 1.54) is 16.0 Å². The lowest BCUT2D eigenvalue weighted by Gasteiger charge is -2.35. The second-order valence-electron chi connectivity index (χ2n) is 9.20. The summed E-state index contributed by atoms with van der Waals surface area (Å²) in [5, 5.41) is 13.3. The van der Waals surface area contributed by atoms with Crippen LogP contribution in [0, 0.1) is 0 Å². The Kier molecular flexibility index (Phi) is 7.11. The van der Waals surface area contributed by atoms with Crippen LogP contribution in [0.2, 0.25) is 0 Å². The molecule has 0 unspecified atom stereocenters. The summed E-state index contributed by atoms with van der Waals surface area (Å²) in [6.07, 6.45) is 12.6. The summed E-state index contributed by atoms with van der Waals surface area (Å²) in [6, 6.07) is 4.09. The number of rotatable bonds is 6. The predicted molar refractivity (Wildman–Crippen MR) is 142 cm³/mol. The molecule has 8 heteroatoms. The summed E-state index contributed by atoms with van der Waals surface area (Å²) in [6.45, 7) is 10.1. The highest BCUT2D eigenvalue weighted by Gasteiger charge is 2.28. The minimum absolute atomic E-state index is 0.0171. The van der Waals surface area contributed by atoms with Crippen molar-refractivity contribution in [3.8, 4) is 11.3 Å². The number of nitrogens with one attached hydrogen (secondary N) is 2. The molecule has 1 fully saturated rings. The molecule has 2 amide bonds. The fourth-order valence-electron chi connectivity index (χ4n) is 5.10. The molecular weight excluding hydrogens is 456 g/mol. The average Bonchev–Trinajstić information content (AvgIpc) is 3.48. The maximum Gasteiger partial charge on any atom is 0.317 e. The Labute approximate surface area is 210 Å². The number of piperidine rings is 1. The molecule has 0 aromatic carbocycles. The van der Waals surface area contributed by atoms with Gasteiger partial charge in [0.25, 0.3) is 0 Å². The first kappa shape index (κ1) is 23.5. The summed E-state index contributed by atoms with van der Waals surface area (Å²) in [4.78, 5) is 22.9. The third-order valence-electron chi connectivity index (χ3n) is 6.86. The van der Waals surface area contributed by atoms with Gasteiger partial charge in [0.05, 0.1) is 12.2 Å². The molecule has 182 valence electrons. The number of fused-ring (bicyclic) bond motifs is 1. The van der Waals surface area contributed by atoms with Gasteiger partial charge in [0.1, 0.15) is 0 Å². The van der Waals surface area contributed by atoms with E-state index in [0.29, 0.717) is 13.1 Å². The standard InChI is InChI=1S/C27H32N6OS/c1-3-6-22-20(18-35-25(22)4-2)15-32-13-5-7-21(16-32)29-27(34)33-14-10-24-23(17-33)26(31-30-24)19-8-11-28-12-9-19/h3-4,6,8-9,11-12,18,21H,2,5,7,10,13-17H2,1H3,(H,29,34)(H,30,31)/b6-3-/t21-/m1/s1. The van der Waals surface area contributed by atoms with Crippen LogP contribution in [-0.2, 0) is 19.5 Å². The molecule has 2 aliphatic rings. The minimum atomic E-state index is 0.0171. The Morgan fingerprint density at radius 1 is 1.34 bits per heavy atom. The van der Waals surface area contributed by atoms with Crippen molar-refractivity contribution < 1.29 is 4.79 Å². The molecule has 35 heavy (non-hydrogen) atoms. The molecule has 0 spiro atoms. The van der Waals surface area contributed by atoms with Gasteiger partial charge < -0.3 is 10.2 Å². The van der Waals surface area contributed by atoms with Crippen LogP contribution >= 0.6 is 11.3 Å². The van der Waals surface area contributed by atoms with E-state index in [-0.39, 0.29) is 12.1 Å². The molecule has 5 heterocycles. The molecule has 2 N–H and O–H groups in total. The van der Waals surface area contributed by atoms with Gasteiger partial charge in [0.2, 0.25) is 0 Å². The molecule has 7 nitrogen and oxygen atoms in total. The van der Waals surface area contributed by atoms with Crippen molar-refractivity contribution in [3.63, 3.8) is 0 Å². The lowest BCUT2D eigenvalue weighted by molar-refractivity contribution is 0.160. The number of hydrogen-bond acceptors (Lipinski definition) is 5. The highest BCUT2D eigenvalue weighted by atomic mass is 32.1. The van der Waals surface area contributed by atoms with Crippen molar-refractivity contribution in [1.29, 1.82) is 0 Å². The van der Waals surface area contributed by atoms with Gasteiger partial charge in [0.15, 0.2) is 0 Å². The number of hydrogen-bond donors (Lipinski definition) is 2. The fourth-order valence-corrected chi connectivity index (χ4v) is 5.99. The molecule has 0 bridgehead atoms. The number of likely N-dealkylation sites (tertiary alicyclic amines) is 1. The Morgan fingerprint density at radius 3 is 3.00 bits per heavy atom. The first-order chi connectivity index (χ1) is 17.2. The van der Waals surface area contributed by atoms with Gasteiger partial charge in [-0.2, -0.15) is 5.10 Å². The van der Waals surface area contributed by atoms with Crippen LogP contribution in [0.5, 0.6) is 0 Å². The molecule has 5 rings (SSSR count). The zero-order chi connectivity index (χ0) is 24.2. The molecule has 2 aliphatic heterocycles. The van der Waals surface area contributed by atoms with Crippen LogP contribution < -0.4 is 5.32 Å². The van der Waals surface area contributed by atoms with Gasteiger partial charge in [-0.05, 0) is 54.9 Å². The number of H-pyrrole nitrogens is 1. The number of pyridine rings is 1. The number of nitrogens with zero attached hydrogens (tertiary/aromatic N) is 4. The first-order valence-corrected chi connectivity index (χ1v) is 13.1. The van der Waals surface area contributed by atoms with Gasteiger partial charge in [-0.1, -0.05) is 24.8 Å². The number of aromatic nitrogens is 3. The van der Waals surface area contributed by atoms with Crippen molar-refractivity contribution in [1.82, 2.24) is 30.3 Å². The van der Waals surface area contributed by atoms with Crippen LogP contribution in [-0.4, -0.2) is 56.7 Å². The van der Waals surface area contributed by atoms with Crippen LogP contribution in [0.3, 0.4) is 0 Å². The normalized spacial score (nSPS) is 18.5. The summed E-state index contributed by atoms with van der Waals surface area (Å²) < 4.78 is 0. The maximum atomic E-state index is 13.2. The quantitative estimate of drug-likeness (QED) is 0.515. The summed E-state index contributed by atoms with van der Waals surface area (Å²) in [7, 11) is 0. The van der Waals surface area contributed by atoms with Crippen molar-refractivity contribution in [2.75, 3.05) is 19.6 Å². The van der Waals surface area contributed by atoms with Gasteiger partial charge in [-0.3, -0.25) is 15.0 Å². The molecule has 3 aromatic rings. The monoisotopic (exact) mass is 488 g/mol. The van der Waals surface area contributed by atoms with Crippen LogP contribution in [0.4, 0.5) is 4.79 Å². The molecule has 0 aliphatic carbocycles. The smallest absolute Gasteiger partial charge is 0.317 e. The topological polar surface area (TPSA) is 77.2 Å². The SMILES string of the molecule is C=Cc1scc(CN2CCC[C@@H](NC(=O)N3CCc4[nH]nc(-c5ccncc5)c4C3)C2)c1/C=C\C. The molecular formula is C27H32N6OS. The van der Waals surface area contributed by atoms with E-state index in [9.17, 15) is 4.79 Å². The molecule has 0 saturated carbocycles. The lowest BCUT2D eigenvalue weighted by Crippen LogP contribution is -2.52. The number of thiophene rings is 1. The third-order valence-corrected chi connectivity index (χ3v) is 7.90. The van der Waals surface area contributed by atoms with E-state index in [4.69, 9.17) is 0 Å². The Hall–Kier alpha value is -3.23. The largest absolute Gasteiger partial charge is 0.334 e. The highest BCUT2D eigenvalue weighted by Crippen LogP contribution is 2.29. The fraction of sp³-hybridized carbons (Fsp3) is 0.370. The number of allylic oxidation sites excluding steroid dienone is 1. The second-order valence-corrected chi connectivity index (χ2v) is 10.1. The van der Waals surface area contributed by atoms with Crippen molar-refractivity contribution >= 4 is 29.5 Å². The lowest BCUT2D eigenvalue weighted by atomic mass is 10.0. The van der Waals surface area contributed by atoms with Gasteiger partial charge >= 0.3 is 6.03 Å². The van der Waals surface area contributed by atoms with E-state index in [0.717, 1.165) is 61.4 Å². The van der Waals surface area contributed by atoms with E-state index in [1.54, 1.807) is 23.7 Å². The predicted octanol–water partition coefficient (Wildman–Crippen LogP) is 4.94. The van der Waals surface area contributed by atoms with E-state index in [2.05, 4.69) is 49.5 Å². The van der Waals surface area contributed by atoms with Crippen LogP contribution in [0.15, 0.2) is 42.6 Å². The number of urea groups is 1. The average molecular weight is 489 g/mol. The maximum absolute atomic E-state index is 13.2. The Morgan fingerprint density at radius 2 is 2.20 bits per heavy atom. The van der Waals surface area contributed by atoms with Crippen molar-refractivity contribution in [3.05, 3.63) is 69.8 Å². The molecule has 1 atom stereocenters. The summed E-state index contributed by atoms with van der Waals surface area (Å²) in [5.74, 6) is 0. The van der Waals surface area contributed by atoms with E-state index >= 15 is 0 Å². The number of amides is 2. The molecule has 1 saturated heterocycles. The third kappa shape index (κ3) is 5.09. The zero-order valence-electron chi connectivity index (χ0n) is 20.2. The number of carbonyl (C=O) groups excluding carboxylic acids is 1.